The number of nitrogens with zero attached hydrogens (tertiary/aromatic N) is 3. The molecule has 0 bridgehead atoms. The molecule has 40 heavy (non-hydrogen) atoms. The van der Waals surface area contributed by atoms with Crippen LogP contribution >= 0.6 is 0 Å². The molecule has 0 unspecified atom stereocenters. The van der Waals surface area contributed by atoms with Gasteiger partial charge in [0, 0.05) is 48.2 Å². The van der Waals surface area contributed by atoms with Gasteiger partial charge in [-0.05, 0) is 79.1 Å². The molecule has 207 valence electrons. The summed E-state index contributed by atoms with van der Waals surface area (Å²) < 4.78 is 30.9. The highest BCUT2D eigenvalue weighted by Gasteiger charge is 2.59. The highest BCUT2D eigenvalue weighted by atomic mass is 19.3. The first-order valence-corrected chi connectivity index (χ1v) is 14.5. The third-order valence-corrected chi connectivity index (χ3v) is 8.63. The van der Waals surface area contributed by atoms with E-state index in [1.807, 2.05) is 55.5 Å². The first-order chi connectivity index (χ1) is 19.3. The third-order valence-electron chi connectivity index (χ3n) is 8.63. The topological polar surface area (TPSA) is 56.5 Å². The number of aryl methyl sites for hydroxylation is 1. The molecular weight excluding hydrogens is 504 g/mol. The molecule has 6 heteroatoms. The fraction of sp³-hybridized carbons (Fsp3) is 0.412. The van der Waals surface area contributed by atoms with Crippen molar-refractivity contribution in [2.75, 3.05) is 11.4 Å². The molecule has 1 amide bonds. The normalized spacial score (nSPS) is 24.3. The minimum absolute atomic E-state index is 0.00402. The van der Waals surface area contributed by atoms with Gasteiger partial charge in [-0.3, -0.25) is 9.79 Å². The number of amides is 1. The molecule has 2 aliphatic heterocycles. The van der Waals surface area contributed by atoms with Crippen molar-refractivity contribution in [3.8, 4) is 6.07 Å². The Morgan fingerprint density at radius 3 is 2.73 bits per heavy atom. The van der Waals surface area contributed by atoms with Gasteiger partial charge in [0.1, 0.15) is 0 Å². The molecule has 4 aliphatic rings. The smallest absolute Gasteiger partial charge is 0.254 e. The quantitative estimate of drug-likeness (QED) is 0.385. The van der Waals surface area contributed by atoms with Gasteiger partial charge >= 0.3 is 0 Å². The second-order valence-electron chi connectivity index (χ2n) is 11.1. The lowest BCUT2D eigenvalue weighted by molar-refractivity contribution is -0.118. The van der Waals surface area contributed by atoms with Gasteiger partial charge in [0.25, 0.3) is 11.8 Å². The van der Waals surface area contributed by atoms with E-state index < -0.39 is 17.3 Å². The minimum Gasteiger partial charge on any atom is -0.307 e. The van der Waals surface area contributed by atoms with E-state index in [9.17, 15) is 10.1 Å². The second kappa shape index (κ2) is 11.1. The van der Waals surface area contributed by atoms with E-state index in [0.29, 0.717) is 36.9 Å². The van der Waals surface area contributed by atoms with Crippen LogP contribution in [-0.4, -0.2) is 24.6 Å². The summed E-state index contributed by atoms with van der Waals surface area (Å²) in [5, 5.41) is 9.31. The number of nitriles is 1. The van der Waals surface area contributed by atoms with E-state index in [4.69, 9.17) is 0 Å². The first-order valence-electron chi connectivity index (χ1n) is 14.5. The van der Waals surface area contributed by atoms with Crippen molar-refractivity contribution in [2.45, 2.75) is 71.6 Å². The lowest BCUT2D eigenvalue weighted by atomic mass is 9.64. The van der Waals surface area contributed by atoms with Crippen molar-refractivity contribution >= 4 is 23.5 Å². The second-order valence-corrected chi connectivity index (χ2v) is 11.1. The fourth-order valence-corrected chi connectivity index (χ4v) is 6.63. The molecule has 2 aromatic rings. The number of anilines is 1. The van der Waals surface area contributed by atoms with Gasteiger partial charge in [-0.2, -0.15) is 5.26 Å². The number of allylic oxidation sites excluding steroid dienone is 2. The molecule has 0 saturated heterocycles. The summed E-state index contributed by atoms with van der Waals surface area (Å²) >= 11 is 0. The molecule has 2 aromatic carbocycles. The molecule has 4 nitrogen and oxygen atoms in total. The summed E-state index contributed by atoms with van der Waals surface area (Å²) in [6, 6.07) is 15.5. The van der Waals surface area contributed by atoms with Gasteiger partial charge in [0.05, 0.1) is 17.3 Å². The van der Waals surface area contributed by atoms with Crippen molar-refractivity contribution in [3.05, 3.63) is 88.4 Å². The van der Waals surface area contributed by atoms with Crippen LogP contribution < -0.4 is 4.90 Å². The molecule has 2 aliphatic carbocycles. The van der Waals surface area contributed by atoms with E-state index in [-0.39, 0.29) is 18.7 Å². The van der Waals surface area contributed by atoms with Crippen LogP contribution in [0.5, 0.6) is 0 Å². The van der Waals surface area contributed by atoms with Crippen LogP contribution in [0.4, 0.5) is 20.2 Å². The van der Waals surface area contributed by atoms with E-state index >= 15 is 8.78 Å². The largest absolute Gasteiger partial charge is 0.307 e. The summed E-state index contributed by atoms with van der Waals surface area (Å²) in [7, 11) is 0. The molecule has 1 fully saturated rings. The number of hydrogen-bond acceptors (Lipinski definition) is 3. The van der Waals surface area contributed by atoms with E-state index in [0.717, 1.165) is 46.5 Å². The number of para-hydroxylation sites is 1. The van der Waals surface area contributed by atoms with E-state index in [1.165, 1.54) is 0 Å². The summed E-state index contributed by atoms with van der Waals surface area (Å²) in [6.45, 7) is 6.56. The average molecular weight is 541 g/mol. The number of carbonyl (C=O) groups is 1. The lowest BCUT2D eigenvalue weighted by Gasteiger charge is -2.47. The fourth-order valence-electron chi connectivity index (χ4n) is 6.63. The van der Waals surface area contributed by atoms with Crippen LogP contribution in [0.2, 0.25) is 0 Å². The Balaban J connectivity index is 0.00000158. The lowest BCUT2D eigenvalue weighted by Crippen LogP contribution is -2.50. The van der Waals surface area contributed by atoms with Crippen molar-refractivity contribution in [2.24, 2.45) is 16.3 Å². The van der Waals surface area contributed by atoms with Crippen molar-refractivity contribution in [1.82, 2.24) is 0 Å². The average Bonchev–Trinajstić information content (AvgIpc) is 3.79. The molecule has 0 N–H and O–H groups in total. The zero-order valence-corrected chi connectivity index (χ0v) is 23.5. The Morgan fingerprint density at radius 1 is 1.15 bits per heavy atom. The summed E-state index contributed by atoms with van der Waals surface area (Å²) in [5.41, 5.74) is 6.40. The first kappa shape index (κ1) is 28.0. The number of rotatable bonds is 5. The van der Waals surface area contributed by atoms with Crippen molar-refractivity contribution in [3.63, 3.8) is 0 Å². The molecule has 6 rings (SSSR count). The number of aliphatic imine (C=N–C) groups is 1. The Morgan fingerprint density at radius 2 is 1.95 bits per heavy atom. The van der Waals surface area contributed by atoms with E-state index in [1.54, 1.807) is 18.3 Å². The molecule has 1 radical (unpaired) electrons. The highest BCUT2D eigenvalue weighted by molar-refractivity contribution is 6.14. The van der Waals surface area contributed by atoms with Crippen LogP contribution in [0, 0.1) is 29.1 Å². The zero-order valence-electron chi connectivity index (χ0n) is 23.5. The monoisotopic (exact) mass is 540 g/mol. The Bertz CT molecular complexity index is 1450. The number of hydrogen-bond donors (Lipinski definition) is 0. The Hall–Kier alpha value is -3.59. The predicted octanol–water partition coefficient (Wildman–Crippen LogP) is 8.09. The molecule has 2 atom stereocenters. The molecule has 1 saturated carbocycles. The summed E-state index contributed by atoms with van der Waals surface area (Å²) in [4.78, 5) is 19.6. The highest BCUT2D eigenvalue weighted by Crippen LogP contribution is 2.61. The minimum atomic E-state index is -2.78. The standard InChI is InChI=1S/C32H30F2N3O.C2H6/c1-2-5-23-6-3-4-7-29(23)37-20-31(27-17-26(27)30(37)38)11-12-32(33,34)25(18-31)16-21-10-13-36-28-9-8-22(19-35)15-24(28)14-21;1-2/h3-4,6-10,13,15,17,25H,2,5,11-12,14,16,18,20H2,1H3;1-2H3/t25-,31+;/m1./s1. The maximum Gasteiger partial charge on any atom is 0.254 e. The van der Waals surface area contributed by atoms with Crippen molar-refractivity contribution < 1.29 is 13.6 Å². The van der Waals surface area contributed by atoms with Gasteiger partial charge in [-0.25, -0.2) is 8.78 Å². The predicted molar refractivity (Wildman–Crippen MR) is 156 cm³/mol. The van der Waals surface area contributed by atoms with Gasteiger partial charge in [0.2, 0.25) is 0 Å². The van der Waals surface area contributed by atoms with Crippen LogP contribution in [0.15, 0.2) is 70.3 Å². The molecule has 0 aromatic heterocycles. The Kier molecular flexibility index (Phi) is 7.77. The van der Waals surface area contributed by atoms with Crippen LogP contribution in [0.3, 0.4) is 0 Å². The zero-order chi connectivity index (χ0) is 28.5. The maximum absolute atomic E-state index is 15.5. The van der Waals surface area contributed by atoms with Crippen LogP contribution in [0.25, 0.3) is 0 Å². The van der Waals surface area contributed by atoms with Crippen molar-refractivity contribution in [1.29, 1.82) is 5.26 Å². The molecule has 1 spiro atoms. The summed E-state index contributed by atoms with van der Waals surface area (Å²) in [6.07, 6.45) is 8.61. The van der Waals surface area contributed by atoms with E-state index in [2.05, 4.69) is 24.1 Å². The van der Waals surface area contributed by atoms with Gasteiger partial charge < -0.3 is 4.90 Å². The number of benzene rings is 2. The number of fused-ring (bicyclic) bond motifs is 2. The van der Waals surface area contributed by atoms with Crippen LogP contribution in [0.1, 0.15) is 69.6 Å². The third kappa shape index (κ3) is 5.14. The summed E-state index contributed by atoms with van der Waals surface area (Å²) in [5.74, 6) is -3.62. The maximum atomic E-state index is 15.5. The van der Waals surface area contributed by atoms with Gasteiger partial charge in [0.15, 0.2) is 0 Å². The van der Waals surface area contributed by atoms with Crippen LogP contribution in [-0.2, 0) is 17.6 Å². The number of halogens is 2. The SMILES string of the molecule is CC.CCCc1ccccc1N1C[C@@]2(CCC(F)(F)[C@H](CC3=CC=Nc4ccc(C#N)cc4C3)C2)C2=C([CH]2)C1=O. The molecule has 2 heterocycles. The number of carbonyl (C=O) groups excluding carboxylic acids is 1. The molecular formula is C34H36F2N3O. The Labute approximate surface area is 236 Å². The number of alkyl halides is 2. The van der Waals surface area contributed by atoms with Gasteiger partial charge in [-0.1, -0.05) is 51.0 Å². The van der Waals surface area contributed by atoms with Gasteiger partial charge in [-0.15, -0.1) is 0 Å².